The molecule has 0 bridgehead atoms. The molecule has 7 nitrogen and oxygen atoms in total. The van der Waals surface area contributed by atoms with Crippen molar-refractivity contribution in [2.45, 2.75) is 63.6 Å². The summed E-state index contributed by atoms with van der Waals surface area (Å²) >= 11 is 0. The van der Waals surface area contributed by atoms with Crippen LogP contribution in [0.4, 0.5) is 0 Å². The van der Waals surface area contributed by atoms with Gasteiger partial charge in [0.1, 0.15) is 5.69 Å². The first-order chi connectivity index (χ1) is 14.1. The monoisotopic (exact) mass is 400 g/mol. The summed E-state index contributed by atoms with van der Waals surface area (Å²) in [5.41, 5.74) is 1.29. The van der Waals surface area contributed by atoms with E-state index in [1.807, 2.05) is 19.1 Å². The number of ether oxygens (including phenoxy) is 1. The Bertz CT molecular complexity index is 731. The van der Waals surface area contributed by atoms with Gasteiger partial charge in [-0.2, -0.15) is 0 Å². The van der Waals surface area contributed by atoms with E-state index >= 15 is 0 Å². The topological polar surface area (TPSA) is 83.6 Å². The second kappa shape index (κ2) is 9.22. The third kappa shape index (κ3) is 5.54. The fourth-order valence-electron chi connectivity index (χ4n) is 4.38. The summed E-state index contributed by atoms with van der Waals surface area (Å²) < 4.78 is 5.53. The minimum atomic E-state index is -0.133. The predicted octanol–water partition coefficient (Wildman–Crippen LogP) is 1.66. The smallest absolute Gasteiger partial charge is 0.270 e. The molecule has 1 aromatic heterocycles. The number of carbonyl (C=O) groups excluding carboxylic acids is 2. The van der Waals surface area contributed by atoms with E-state index in [0.717, 1.165) is 70.5 Å². The first kappa shape index (κ1) is 20.3. The van der Waals surface area contributed by atoms with Crippen LogP contribution in [0.3, 0.4) is 0 Å². The number of hydrogen-bond donors (Lipinski definition) is 2. The SMILES string of the molecule is Cc1cccc(C(=O)N[C@H]2CC[C@@H](C(=O)NC3CC3)CN(C3CCOCC3)C2)n1. The van der Waals surface area contributed by atoms with Crippen LogP contribution in [0.2, 0.25) is 0 Å². The maximum atomic E-state index is 12.8. The molecule has 4 rings (SSSR count). The van der Waals surface area contributed by atoms with E-state index in [0.29, 0.717) is 17.8 Å². The van der Waals surface area contributed by atoms with Crippen molar-refractivity contribution in [3.63, 3.8) is 0 Å². The molecule has 29 heavy (non-hydrogen) atoms. The van der Waals surface area contributed by atoms with Gasteiger partial charge in [0.15, 0.2) is 0 Å². The van der Waals surface area contributed by atoms with Crippen LogP contribution in [0.15, 0.2) is 18.2 Å². The first-order valence-electron chi connectivity index (χ1n) is 10.9. The van der Waals surface area contributed by atoms with Gasteiger partial charge < -0.3 is 15.4 Å². The summed E-state index contributed by atoms with van der Waals surface area (Å²) in [7, 11) is 0. The van der Waals surface area contributed by atoms with Crippen molar-refractivity contribution in [2.24, 2.45) is 5.92 Å². The number of nitrogens with zero attached hydrogens (tertiary/aromatic N) is 2. The maximum absolute atomic E-state index is 12.8. The Hall–Kier alpha value is -1.99. The highest BCUT2D eigenvalue weighted by Crippen LogP contribution is 2.25. The number of aromatic nitrogens is 1. The normalized spacial score (nSPS) is 26.5. The summed E-state index contributed by atoms with van der Waals surface area (Å²) in [5, 5.41) is 6.35. The third-order valence-electron chi connectivity index (χ3n) is 6.23. The van der Waals surface area contributed by atoms with Crippen molar-refractivity contribution < 1.29 is 14.3 Å². The highest BCUT2D eigenvalue weighted by atomic mass is 16.5. The van der Waals surface area contributed by atoms with Crippen LogP contribution < -0.4 is 10.6 Å². The summed E-state index contributed by atoms with van der Waals surface area (Å²) in [6.45, 7) is 4.96. The standard InChI is InChI=1S/C22H32N4O3/c1-15-3-2-4-20(23-15)22(28)25-18-6-5-16(21(27)24-17-7-8-17)13-26(14-18)19-9-11-29-12-10-19/h2-4,16-19H,5-14H2,1H3,(H,24,27)(H,25,28)/t16-,18+/m1/s1. The van der Waals surface area contributed by atoms with E-state index in [4.69, 9.17) is 4.74 Å². The third-order valence-corrected chi connectivity index (χ3v) is 6.23. The molecule has 158 valence electrons. The minimum Gasteiger partial charge on any atom is -0.381 e. The molecule has 7 heteroatoms. The van der Waals surface area contributed by atoms with E-state index in [1.165, 1.54) is 0 Å². The van der Waals surface area contributed by atoms with Crippen molar-refractivity contribution in [3.05, 3.63) is 29.6 Å². The number of carbonyl (C=O) groups is 2. The Morgan fingerprint density at radius 2 is 1.76 bits per heavy atom. The summed E-state index contributed by atoms with van der Waals surface area (Å²) in [6.07, 6.45) is 5.77. The number of rotatable bonds is 5. The zero-order valence-corrected chi connectivity index (χ0v) is 17.2. The van der Waals surface area contributed by atoms with Gasteiger partial charge in [-0.1, -0.05) is 6.07 Å². The largest absolute Gasteiger partial charge is 0.381 e. The summed E-state index contributed by atoms with van der Waals surface area (Å²) in [4.78, 5) is 32.3. The lowest BCUT2D eigenvalue weighted by Crippen LogP contribution is -2.49. The van der Waals surface area contributed by atoms with Gasteiger partial charge in [0, 0.05) is 50.1 Å². The highest BCUT2D eigenvalue weighted by molar-refractivity contribution is 5.92. The van der Waals surface area contributed by atoms with Gasteiger partial charge in [-0.05, 0) is 57.6 Å². The van der Waals surface area contributed by atoms with Gasteiger partial charge in [-0.3, -0.25) is 14.5 Å². The van der Waals surface area contributed by atoms with Gasteiger partial charge in [0.2, 0.25) is 5.91 Å². The number of pyridine rings is 1. The second-order valence-electron chi connectivity index (χ2n) is 8.69. The zero-order valence-electron chi connectivity index (χ0n) is 17.2. The number of amides is 2. The quantitative estimate of drug-likeness (QED) is 0.785. The molecule has 1 aliphatic carbocycles. The van der Waals surface area contributed by atoms with Crippen molar-refractivity contribution in [3.8, 4) is 0 Å². The van der Waals surface area contributed by atoms with E-state index < -0.39 is 0 Å². The predicted molar refractivity (Wildman–Crippen MR) is 110 cm³/mol. The molecule has 0 radical (unpaired) electrons. The number of aryl methyl sites for hydroxylation is 1. The molecule has 3 heterocycles. The zero-order chi connectivity index (χ0) is 20.2. The molecule has 2 saturated heterocycles. The Morgan fingerprint density at radius 1 is 1.00 bits per heavy atom. The van der Waals surface area contributed by atoms with Gasteiger partial charge in [-0.15, -0.1) is 0 Å². The van der Waals surface area contributed by atoms with Crippen LogP contribution in [-0.4, -0.2) is 66.1 Å². The van der Waals surface area contributed by atoms with Gasteiger partial charge in [0.25, 0.3) is 5.91 Å². The summed E-state index contributed by atoms with van der Waals surface area (Å²) in [6, 6.07) is 6.31. The lowest BCUT2D eigenvalue weighted by molar-refractivity contribution is -0.126. The first-order valence-corrected chi connectivity index (χ1v) is 10.9. The van der Waals surface area contributed by atoms with E-state index in [1.54, 1.807) is 6.07 Å². The van der Waals surface area contributed by atoms with Crippen molar-refractivity contribution >= 4 is 11.8 Å². The lowest BCUT2D eigenvalue weighted by atomic mass is 10.00. The van der Waals surface area contributed by atoms with Gasteiger partial charge >= 0.3 is 0 Å². The van der Waals surface area contributed by atoms with E-state index in [2.05, 4.69) is 20.5 Å². The molecule has 0 spiro atoms. The number of hydrogen-bond acceptors (Lipinski definition) is 5. The average molecular weight is 401 g/mol. The van der Waals surface area contributed by atoms with Crippen molar-refractivity contribution in [2.75, 3.05) is 26.3 Å². The molecule has 1 saturated carbocycles. The fraction of sp³-hybridized carbons (Fsp3) is 0.682. The number of likely N-dealkylation sites (tertiary alicyclic amines) is 1. The van der Waals surface area contributed by atoms with Crippen molar-refractivity contribution in [1.82, 2.24) is 20.5 Å². The molecule has 2 atom stereocenters. The van der Waals surface area contributed by atoms with E-state index in [-0.39, 0.29) is 23.8 Å². The molecule has 3 fully saturated rings. The van der Waals surface area contributed by atoms with E-state index in [9.17, 15) is 9.59 Å². The average Bonchev–Trinajstić information content (AvgIpc) is 3.55. The van der Waals surface area contributed by atoms with Crippen LogP contribution in [0, 0.1) is 12.8 Å². The molecule has 0 unspecified atom stereocenters. The van der Waals surface area contributed by atoms with Crippen LogP contribution in [-0.2, 0) is 9.53 Å². The Labute approximate surface area is 172 Å². The molecule has 3 aliphatic rings. The molecular weight excluding hydrogens is 368 g/mol. The Kier molecular flexibility index (Phi) is 6.45. The highest BCUT2D eigenvalue weighted by Gasteiger charge is 2.35. The van der Waals surface area contributed by atoms with Gasteiger partial charge in [0.05, 0.1) is 5.92 Å². The maximum Gasteiger partial charge on any atom is 0.270 e. The van der Waals surface area contributed by atoms with Crippen molar-refractivity contribution in [1.29, 1.82) is 0 Å². The molecule has 2 N–H and O–H groups in total. The second-order valence-corrected chi connectivity index (χ2v) is 8.69. The summed E-state index contributed by atoms with van der Waals surface area (Å²) in [5.74, 6) is 0.0286. The van der Waals surface area contributed by atoms with Crippen LogP contribution in [0.25, 0.3) is 0 Å². The molecule has 2 aliphatic heterocycles. The van der Waals surface area contributed by atoms with Gasteiger partial charge in [-0.25, -0.2) is 4.98 Å². The molecule has 2 amide bonds. The number of nitrogens with one attached hydrogen (secondary N) is 2. The van der Waals surface area contributed by atoms with Crippen LogP contribution >= 0.6 is 0 Å². The fourth-order valence-corrected chi connectivity index (χ4v) is 4.38. The van der Waals surface area contributed by atoms with Crippen LogP contribution in [0.1, 0.15) is 54.7 Å². The molecule has 0 aromatic carbocycles. The molecule has 1 aromatic rings. The molecular formula is C22H32N4O3. The lowest BCUT2D eigenvalue weighted by Gasteiger charge is -2.36. The Balaban J connectivity index is 1.44. The minimum absolute atomic E-state index is 0.0163. The van der Waals surface area contributed by atoms with Crippen LogP contribution in [0.5, 0.6) is 0 Å². The Morgan fingerprint density at radius 3 is 2.48 bits per heavy atom.